The lowest BCUT2D eigenvalue weighted by Crippen LogP contribution is -2.48. The summed E-state index contributed by atoms with van der Waals surface area (Å²) >= 11 is 0. The summed E-state index contributed by atoms with van der Waals surface area (Å²) in [5, 5.41) is 17.2. The Kier molecular flexibility index (Phi) is 8.10. The standard InChI is InChI=1S/C22H25F3N6O4/c1-15(32)29-9-11-30(12-10-29)18-5-3-16(13-19(18)31(34)35)21(33)27-8-2-7-26-20-6-4-17(14-28-20)22(23,24)25/h3-6,13-14H,2,7-12H2,1H3,(H,26,28)(H,27,33). The van der Waals surface area contributed by atoms with Gasteiger partial charge in [0, 0.05) is 64.0 Å². The van der Waals surface area contributed by atoms with Crippen LogP contribution in [-0.2, 0) is 11.0 Å². The second kappa shape index (κ2) is 11.0. The third-order valence-electron chi connectivity index (χ3n) is 5.54. The van der Waals surface area contributed by atoms with Crippen molar-refractivity contribution < 1.29 is 27.7 Å². The molecule has 35 heavy (non-hydrogen) atoms. The zero-order chi connectivity index (χ0) is 25.6. The van der Waals surface area contributed by atoms with E-state index in [1.807, 2.05) is 4.90 Å². The number of rotatable bonds is 8. The number of anilines is 2. The molecule has 13 heteroatoms. The molecule has 2 heterocycles. The largest absolute Gasteiger partial charge is 0.417 e. The van der Waals surface area contributed by atoms with Gasteiger partial charge < -0.3 is 20.4 Å². The van der Waals surface area contributed by atoms with Gasteiger partial charge in [0.05, 0.1) is 10.5 Å². The van der Waals surface area contributed by atoms with E-state index in [-0.39, 0.29) is 29.5 Å². The van der Waals surface area contributed by atoms with E-state index >= 15 is 0 Å². The number of hydrogen-bond donors (Lipinski definition) is 2. The number of pyridine rings is 1. The number of nitrogens with zero attached hydrogens (tertiary/aromatic N) is 4. The summed E-state index contributed by atoms with van der Waals surface area (Å²) in [5.41, 5.74) is -0.499. The fourth-order valence-electron chi connectivity index (χ4n) is 3.62. The van der Waals surface area contributed by atoms with Gasteiger partial charge in [0.1, 0.15) is 11.5 Å². The van der Waals surface area contributed by atoms with Crippen LogP contribution in [0, 0.1) is 10.1 Å². The van der Waals surface area contributed by atoms with Crippen LogP contribution < -0.4 is 15.5 Å². The van der Waals surface area contributed by atoms with Gasteiger partial charge >= 0.3 is 6.18 Å². The summed E-state index contributed by atoms with van der Waals surface area (Å²) < 4.78 is 37.7. The van der Waals surface area contributed by atoms with Crippen molar-refractivity contribution in [2.75, 3.05) is 49.5 Å². The van der Waals surface area contributed by atoms with E-state index in [4.69, 9.17) is 0 Å². The topological polar surface area (TPSA) is 121 Å². The summed E-state index contributed by atoms with van der Waals surface area (Å²) in [6.45, 7) is 3.90. The predicted octanol–water partition coefficient (Wildman–Crippen LogP) is 2.91. The van der Waals surface area contributed by atoms with Crippen molar-refractivity contribution in [3.8, 4) is 0 Å². The lowest BCUT2D eigenvalue weighted by molar-refractivity contribution is -0.384. The van der Waals surface area contributed by atoms with E-state index in [0.717, 1.165) is 12.3 Å². The molecule has 1 aliphatic heterocycles. The molecule has 1 aromatic heterocycles. The van der Waals surface area contributed by atoms with E-state index < -0.39 is 22.6 Å². The minimum Gasteiger partial charge on any atom is -0.370 e. The number of amides is 2. The maximum Gasteiger partial charge on any atom is 0.417 e. The Labute approximate surface area is 199 Å². The van der Waals surface area contributed by atoms with Crippen LogP contribution in [0.25, 0.3) is 0 Å². The van der Waals surface area contributed by atoms with Crippen molar-refractivity contribution >= 4 is 29.0 Å². The number of piperazine rings is 1. The summed E-state index contributed by atoms with van der Waals surface area (Å²) in [7, 11) is 0. The van der Waals surface area contributed by atoms with Crippen molar-refractivity contribution in [1.82, 2.24) is 15.2 Å². The normalized spacial score (nSPS) is 13.9. The Morgan fingerprint density at radius 2 is 1.83 bits per heavy atom. The summed E-state index contributed by atoms with van der Waals surface area (Å²) in [6, 6.07) is 6.43. The molecule has 0 aliphatic carbocycles. The van der Waals surface area contributed by atoms with Gasteiger partial charge in [-0.05, 0) is 30.7 Å². The number of halogens is 3. The van der Waals surface area contributed by atoms with Crippen LogP contribution in [0.4, 0.5) is 30.4 Å². The van der Waals surface area contributed by atoms with Gasteiger partial charge in [-0.1, -0.05) is 0 Å². The molecule has 2 aromatic rings. The Morgan fingerprint density at radius 1 is 1.11 bits per heavy atom. The SMILES string of the molecule is CC(=O)N1CCN(c2ccc(C(=O)NCCCNc3ccc(C(F)(F)F)cn3)cc2[N+](=O)[O-])CC1. The van der Waals surface area contributed by atoms with Gasteiger partial charge in [0.15, 0.2) is 0 Å². The number of carbonyl (C=O) groups is 2. The zero-order valence-corrected chi connectivity index (χ0v) is 19.0. The van der Waals surface area contributed by atoms with Crippen LogP contribution in [0.1, 0.15) is 29.3 Å². The maximum absolute atomic E-state index is 12.6. The van der Waals surface area contributed by atoms with Crippen LogP contribution in [0.3, 0.4) is 0 Å². The fourth-order valence-corrected chi connectivity index (χ4v) is 3.62. The first-order valence-electron chi connectivity index (χ1n) is 10.9. The molecule has 0 saturated carbocycles. The van der Waals surface area contributed by atoms with Gasteiger partial charge in [-0.3, -0.25) is 19.7 Å². The van der Waals surface area contributed by atoms with Crippen molar-refractivity contribution in [1.29, 1.82) is 0 Å². The van der Waals surface area contributed by atoms with Crippen LogP contribution >= 0.6 is 0 Å². The second-order valence-electron chi connectivity index (χ2n) is 7.92. The van der Waals surface area contributed by atoms with Crippen LogP contribution in [0.15, 0.2) is 36.5 Å². The number of nitrogens with one attached hydrogen (secondary N) is 2. The molecule has 0 bridgehead atoms. The van der Waals surface area contributed by atoms with Gasteiger partial charge in [0.25, 0.3) is 11.6 Å². The minimum atomic E-state index is -4.45. The summed E-state index contributed by atoms with van der Waals surface area (Å²) in [4.78, 5) is 42.2. The highest BCUT2D eigenvalue weighted by Gasteiger charge is 2.30. The molecule has 1 saturated heterocycles. The van der Waals surface area contributed by atoms with Crippen molar-refractivity contribution in [2.24, 2.45) is 0 Å². The minimum absolute atomic E-state index is 0.0445. The molecule has 1 aliphatic rings. The molecule has 2 N–H and O–H groups in total. The smallest absolute Gasteiger partial charge is 0.370 e. The molecule has 1 fully saturated rings. The number of carbonyl (C=O) groups excluding carboxylic acids is 2. The molecule has 1 aromatic carbocycles. The van der Waals surface area contributed by atoms with Gasteiger partial charge in [-0.15, -0.1) is 0 Å². The van der Waals surface area contributed by atoms with Crippen molar-refractivity contribution in [3.63, 3.8) is 0 Å². The molecule has 0 spiro atoms. The number of hydrogen-bond acceptors (Lipinski definition) is 7. The number of nitro groups is 1. The number of aromatic nitrogens is 1. The molecular weight excluding hydrogens is 469 g/mol. The van der Waals surface area contributed by atoms with Crippen molar-refractivity contribution in [3.05, 3.63) is 57.8 Å². The predicted molar refractivity (Wildman–Crippen MR) is 122 cm³/mol. The Morgan fingerprint density at radius 3 is 2.40 bits per heavy atom. The fraction of sp³-hybridized carbons (Fsp3) is 0.409. The molecule has 3 rings (SSSR count). The molecule has 188 valence electrons. The molecule has 10 nitrogen and oxygen atoms in total. The van der Waals surface area contributed by atoms with E-state index in [9.17, 15) is 32.9 Å². The maximum atomic E-state index is 12.6. The highest BCUT2D eigenvalue weighted by molar-refractivity contribution is 5.95. The molecule has 2 amide bonds. The van der Waals surface area contributed by atoms with E-state index in [1.54, 1.807) is 4.90 Å². The molecular formula is C22H25F3N6O4. The Balaban J connectivity index is 1.51. The number of alkyl halides is 3. The number of benzene rings is 1. The van der Waals surface area contributed by atoms with Crippen LogP contribution in [0.2, 0.25) is 0 Å². The van der Waals surface area contributed by atoms with Crippen LogP contribution in [-0.4, -0.2) is 65.9 Å². The molecule has 0 radical (unpaired) electrons. The average Bonchev–Trinajstić information content (AvgIpc) is 2.83. The van der Waals surface area contributed by atoms with Gasteiger partial charge in [-0.25, -0.2) is 4.98 Å². The first kappa shape index (κ1) is 25.7. The molecule has 0 unspecified atom stereocenters. The van der Waals surface area contributed by atoms with E-state index in [1.165, 1.54) is 31.2 Å². The van der Waals surface area contributed by atoms with E-state index in [2.05, 4.69) is 15.6 Å². The highest BCUT2D eigenvalue weighted by Crippen LogP contribution is 2.30. The third-order valence-corrected chi connectivity index (χ3v) is 5.54. The summed E-state index contributed by atoms with van der Waals surface area (Å²) in [5.74, 6) is -0.245. The van der Waals surface area contributed by atoms with Crippen molar-refractivity contribution in [2.45, 2.75) is 19.5 Å². The lowest BCUT2D eigenvalue weighted by Gasteiger charge is -2.35. The van der Waals surface area contributed by atoms with Gasteiger partial charge in [-0.2, -0.15) is 13.2 Å². The third kappa shape index (κ3) is 6.80. The zero-order valence-electron chi connectivity index (χ0n) is 19.0. The van der Waals surface area contributed by atoms with Crippen LogP contribution in [0.5, 0.6) is 0 Å². The Hall–Kier alpha value is -3.90. The monoisotopic (exact) mass is 494 g/mol. The lowest BCUT2D eigenvalue weighted by atomic mass is 10.1. The highest BCUT2D eigenvalue weighted by atomic mass is 19.4. The quantitative estimate of drug-likeness (QED) is 0.329. The number of nitro benzene ring substituents is 1. The van der Waals surface area contributed by atoms with Gasteiger partial charge in [0.2, 0.25) is 5.91 Å². The summed E-state index contributed by atoms with van der Waals surface area (Å²) in [6.07, 6.45) is -3.26. The first-order chi connectivity index (χ1) is 16.6. The second-order valence-corrected chi connectivity index (χ2v) is 7.92. The first-order valence-corrected chi connectivity index (χ1v) is 10.9. The Bertz CT molecular complexity index is 1070. The molecule has 0 atom stereocenters. The average molecular weight is 494 g/mol. The van der Waals surface area contributed by atoms with E-state index in [0.29, 0.717) is 44.8 Å².